The number of rotatable bonds is 6. The number of nitrogens with one attached hydrogen (secondary N) is 1. The van der Waals surface area contributed by atoms with Gasteiger partial charge in [0.25, 0.3) is 5.91 Å². The van der Waals surface area contributed by atoms with Gasteiger partial charge in [-0.15, -0.1) is 0 Å². The number of aromatic nitrogens is 3. The molecule has 0 fully saturated rings. The molecule has 0 atom stereocenters. The molecule has 3 aromatic heterocycles. The number of nitrogen functional groups attached to an aromatic ring is 1. The highest BCUT2D eigenvalue weighted by molar-refractivity contribution is 6.10. The summed E-state index contributed by atoms with van der Waals surface area (Å²) in [6, 6.07) is 18.4. The molecule has 9 heteroatoms. The Morgan fingerprint density at radius 2 is 1.88 bits per heavy atom. The molecule has 3 heterocycles. The molecule has 0 bridgehead atoms. The number of carbonyl (C=O) groups is 1. The Bertz CT molecular complexity index is 1470. The van der Waals surface area contributed by atoms with Crippen LogP contribution < -0.4 is 15.8 Å². The SMILES string of the molecule is COc1ccc(CNC(=O)c2c(N)n(/N=C/c3ccco3)c3nc4ccccc4nc23)cc1. The van der Waals surface area contributed by atoms with Gasteiger partial charge in [-0.1, -0.05) is 24.3 Å². The van der Waals surface area contributed by atoms with Gasteiger partial charge in [-0.05, 0) is 42.0 Å². The van der Waals surface area contributed by atoms with E-state index in [1.54, 1.807) is 25.5 Å². The quantitative estimate of drug-likeness (QED) is 0.389. The van der Waals surface area contributed by atoms with Crippen molar-refractivity contribution in [2.24, 2.45) is 5.10 Å². The summed E-state index contributed by atoms with van der Waals surface area (Å²) in [5.41, 5.74) is 9.59. The molecule has 0 radical (unpaired) electrons. The third-order valence-corrected chi connectivity index (χ3v) is 5.16. The van der Waals surface area contributed by atoms with Gasteiger partial charge < -0.3 is 20.2 Å². The Morgan fingerprint density at radius 1 is 1.12 bits per heavy atom. The van der Waals surface area contributed by atoms with Crippen molar-refractivity contribution >= 4 is 40.1 Å². The second kappa shape index (κ2) is 8.46. The third kappa shape index (κ3) is 3.87. The minimum absolute atomic E-state index is 0.135. The number of hydrogen-bond donors (Lipinski definition) is 2. The zero-order valence-corrected chi connectivity index (χ0v) is 17.7. The number of hydrogen-bond acceptors (Lipinski definition) is 7. The molecule has 0 spiro atoms. The Kier molecular flexibility index (Phi) is 5.19. The van der Waals surface area contributed by atoms with E-state index in [1.165, 1.54) is 10.9 Å². The normalized spacial score (nSPS) is 11.4. The highest BCUT2D eigenvalue weighted by atomic mass is 16.5. The largest absolute Gasteiger partial charge is 0.497 e. The van der Waals surface area contributed by atoms with Crippen molar-refractivity contribution in [2.45, 2.75) is 6.54 Å². The predicted octanol–water partition coefficient (Wildman–Crippen LogP) is 3.58. The lowest BCUT2D eigenvalue weighted by molar-refractivity contribution is 0.0953. The maximum Gasteiger partial charge on any atom is 0.257 e. The van der Waals surface area contributed by atoms with E-state index < -0.39 is 0 Å². The minimum Gasteiger partial charge on any atom is -0.497 e. The van der Waals surface area contributed by atoms with Crippen LogP contribution in [-0.4, -0.2) is 33.9 Å². The predicted molar refractivity (Wildman–Crippen MR) is 125 cm³/mol. The molecule has 0 unspecified atom stereocenters. The first-order valence-corrected chi connectivity index (χ1v) is 10.2. The van der Waals surface area contributed by atoms with E-state index >= 15 is 0 Å². The highest BCUT2D eigenvalue weighted by Crippen LogP contribution is 2.28. The van der Waals surface area contributed by atoms with Crippen LogP contribution in [0.2, 0.25) is 0 Å². The lowest BCUT2D eigenvalue weighted by Gasteiger charge is -2.06. The van der Waals surface area contributed by atoms with Gasteiger partial charge in [-0.25, -0.2) is 9.97 Å². The fraction of sp³-hybridized carbons (Fsp3) is 0.0833. The summed E-state index contributed by atoms with van der Waals surface area (Å²) in [7, 11) is 1.61. The van der Waals surface area contributed by atoms with Crippen LogP contribution in [0.4, 0.5) is 5.82 Å². The maximum absolute atomic E-state index is 13.2. The van der Waals surface area contributed by atoms with Crippen molar-refractivity contribution in [3.63, 3.8) is 0 Å². The van der Waals surface area contributed by atoms with Crippen molar-refractivity contribution in [1.82, 2.24) is 20.0 Å². The number of nitrogens with zero attached hydrogens (tertiary/aromatic N) is 4. The molecule has 0 saturated heterocycles. The molecule has 3 N–H and O–H groups in total. The molecule has 9 nitrogen and oxygen atoms in total. The number of para-hydroxylation sites is 2. The average molecular weight is 440 g/mol. The molecular formula is C24H20N6O3. The van der Waals surface area contributed by atoms with E-state index in [0.29, 0.717) is 34.5 Å². The van der Waals surface area contributed by atoms with Crippen LogP contribution in [0.5, 0.6) is 5.75 Å². The summed E-state index contributed by atoms with van der Waals surface area (Å²) in [5, 5.41) is 7.31. The fourth-order valence-electron chi connectivity index (χ4n) is 3.48. The molecule has 0 aliphatic rings. The first kappa shape index (κ1) is 20.3. The Labute approximate surface area is 188 Å². The molecule has 2 aromatic carbocycles. The highest BCUT2D eigenvalue weighted by Gasteiger charge is 2.24. The van der Waals surface area contributed by atoms with Crippen LogP contribution in [-0.2, 0) is 6.54 Å². The molecule has 5 aromatic rings. The molecule has 164 valence electrons. The lowest BCUT2D eigenvalue weighted by atomic mass is 10.2. The number of nitrogens with two attached hydrogens (primary N) is 1. The smallest absolute Gasteiger partial charge is 0.257 e. The first-order chi connectivity index (χ1) is 16.1. The van der Waals surface area contributed by atoms with Gasteiger partial charge in [-0.2, -0.15) is 9.78 Å². The number of carbonyl (C=O) groups excluding carboxylic acids is 1. The summed E-state index contributed by atoms with van der Waals surface area (Å²) < 4.78 is 11.9. The number of amides is 1. The van der Waals surface area contributed by atoms with Crippen LogP contribution in [0.25, 0.3) is 22.2 Å². The minimum atomic E-state index is -0.371. The van der Waals surface area contributed by atoms with E-state index in [4.69, 9.17) is 14.9 Å². The van der Waals surface area contributed by atoms with Gasteiger partial charge in [0.1, 0.15) is 28.4 Å². The van der Waals surface area contributed by atoms with Gasteiger partial charge >= 0.3 is 0 Å². The summed E-state index contributed by atoms with van der Waals surface area (Å²) in [5.74, 6) is 1.05. The molecule has 1 amide bonds. The van der Waals surface area contributed by atoms with E-state index in [2.05, 4.69) is 20.4 Å². The number of methoxy groups -OCH3 is 1. The van der Waals surface area contributed by atoms with Crippen molar-refractivity contribution < 1.29 is 13.9 Å². The summed E-state index contributed by atoms with van der Waals surface area (Å²) in [4.78, 5) is 22.5. The van der Waals surface area contributed by atoms with E-state index in [-0.39, 0.29) is 17.3 Å². The zero-order valence-electron chi connectivity index (χ0n) is 17.7. The van der Waals surface area contributed by atoms with Crippen molar-refractivity contribution in [2.75, 3.05) is 12.8 Å². The van der Waals surface area contributed by atoms with Crippen molar-refractivity contribution in [3.8, 4) is 5.75 Å². The number of benzene rings is 2. The standard InChI is InChI=1S/C24H20N6O3/c1-32-16-10-8-15(9-11-16)13-26-24(31)20-21-23(29-19-7-3-2-6-18(19)28-21)30(22(20)25)27-14-17-5-4-12-33-17/h2-12,14H,13,25H2,1H3,(H,26,31)/b27-14+. The third-order valence-electron chi connectivity index (χ3n) is 5.16. The molecule has 0 aliphatic carbocycles. The van der Waals surface area contributed by atoms with Crippen LogP contribution in [0.15, 0.2) is 76.4 Å². The van der Waals surface area contributed by atoms with Gasteiger partial charge in [0, 0.05) is 6.54 Å². The van der Waals surface area contributed by atoms with Crippen molar-refractivity contribution in [1.29, 1.82) is 0 Å². The second-order valence-corrected chi connectivity index (χ2v) is 7.25. The molecule has 5 rings (SSSR count). The Hall–Kier alpha value is -4.66. The number of fused-ring (bicyclic) bond motifs is 2. The topological polar surface area (TPSA) is 121 Å². The van der Waals surface area contributed by atoms with E-state index in [9.17, 15) is 4.79 Å². The summed E-state index contributed by atoms with van der Waals surface area (Å²) in [6.07, 6.45) is 3.05. The van der Waals surface area contributed by atoms with E-state index in [0.717, 1.165) is 11.3 Å². The Balaban J connectivity index is 1.55. The average Bonchev–Trinajstić information content (AvgIpc) is 3.45. The van der Waals surface area contributed by atoms with Crippen LogP contribution in [0.1, 0.15) is 21.7 Å². The fourth-order valence-corrected chi connectivity index (χ4v) is 3.48. The second-order valence-electron chi connectivity index (χ2n) is 7.25. The van der Waals surface area contributed by atoms with Crippen molar-refractivity contribution in [3.05, 3.63) is 83.8 Å². The van der Waals surface area contributed by atoms with Gasteiger partial charge in [0.05, 0.1) is 30.6 Å². The number of ether oxygens (including phenoxy) is 1. The molecule has 33 heavy (non-hydrogen) atoms. The number of anilines is 1. The molecule has 0 aliphatic heterocycles. The lowest BCUT2D eigenvalue weighted by Crippen LogP contribution is -2.23. The molecule has 0 saturated carbocycles. The van der Waals surface area contributed by atoms with Crippen LogP contribution in [0, 0.1) is 0 Å². The van der Waals surface area contributed by atoms with Crippen LogP contribution >= 0.6 is 0 Å². The maximum atomic E-state index is 13.2. The first-order valence-electron chi connectivity index (χ1n) is 10.2. The summed E-state index contributed by atoms with van der Waals surface area (Å²) >= 11 is 0. The van der Waals surface area contributed by atoms with Crippen LogP contribution in [0.3, 0.4) is 0 Å². The van der Waals surface area contributed by atoms with Gasteiger partial charge in [0.2, 0.25) is 0 Å². The van der Waals surface area contributed by atoms with Gasteiger partial charge in [-0.3, -0.25) is 4.79 Å². The van der Waals surface area contributed by atoms with E-state index in [1.807, 2.05) is 48.5 Å². The Morgan fingerprint density at radius 3 is 2.58 bits per heavy atom. The summed E-state index contributed by atoms with van der Waals surface area (Å²) in [6.45, 7) is 0.311. The zero-order chi connectivity index (χ0) is 22.8. The monoisotopic (exact) mass is 440 g/mol. The molecular weight excluding hydrogens is 420 g/mol. The number of furan rings is 1. The van der Waals surface area contributed by atoms with Gasteiger partial charge in [0.15, 0.2) is 5.65 Å².